The number of benzene rings is 1. The summed E-state index contributed by atoms with van der Waals surface area (Å²) in [6.07, 6.45) is 2.33. The highest BCUT2D eigenvalue weighted by Crippen LogP contribution is 2.26. The van der Waals surface area contributed by atoms with Gasteiger partial charge in [-0.3, -0.25) is 14.7 Å². The van der Waals surface area contributed by atoms with Gasteiger partial charge in [0, 0.05) is 36.8 Å². The first-order valence-corrected chi connectivity index (χ1v) is 10.1. The van der Waals surface area contributed by atoms with E-state index in [9.17, 15) is 4.79 Å². The Morgan fingerprint density at radius 3 is 2.93 bits per heavy atom. The molecule has 5 nitrogen and oxygen atoms in total. The Kier molecular flexibility index (Phi) is 5.15. The summed E-state index contributed by atoms with van der Waals surface area (Å²) < 4.78 is 5.85. The van der Waals surface area contributed by atoms with Crippen LogP contribution >= 0.6 is 0 Å². The van der Waals surface area contributed by atoms with Crippen LogP contribution in [-0.4, -0.2) is 65.6 Å². The molecule has 3 heterocycles. The normalized spacial score (nSPS) is 23.4. The molecule has 0 bridgehead atoms. The number of carbonyl (C=O) groups is 1. The Balaban J connectivity index is 1.60. The summed E-state index contributed by atoms with van der Waals surface area (Å²) in [5.74, 6) is 0.119. The highest BCUT2D eigenvalue weighted by atomic mass is 16.5. The van der Waals surface area contributed by atoms with Gasteiger partial charge in [0.05, 0.1) is 30.3 Å². The van der Waals surface area contributed by atoms with Crippen LogP contribution in [0, 0.1) is 13.8 Å². The molecule has 1 aromatic heterocycles. The molecule has 0 unspecified atom stereocenters. The summed E-state index contributed by atoms with van der Waals surface area (Å²) in [5.41, 5.74) is 3.71. The maximum absolute atomic E-state index is 13.4. The Morgan fingerprint density at radius 1 is 1.26 bits per heavy atom. The van der Waals surface area contributed by atoms with E-state index >= 15 is 0 Å². The average Bonchev–Trinajstić information content (AvgIpc) is 2.68. The van der Waals surface area contributed by atoms with Crippen LogP contribution in [0.5, 0.6) is 0 Å². The van der Waals surface area contributed by atoms with Gasteiger partial charge in [0.2, 0.25) is 0 Å². The second kappa shape index (κ2) is 7.56. The quantitative estimate of drug-likeness (QED) is 0.836. The summed E-state index contributed by atoms with van der Waals surface area (Å²) in [5, 5.41) is 0.955. The number of nitrogens with zero attached hydrogens (tertiary/aromatic N) is 3. The molecule has 0 radical (unpaired) electrons. The molecule has 2 saturated heterocycles. The number of hydrogen-bond donors (Lipinski definition) is 0. The third kappa shape index (κ3) is 3.46. The number of ether oxygens (including phenoxy) is 1. The van der Waals surface area contributed by atoms with Crippen molar-refractivity contribution in [2.75, 3.05) is 32.8 Å². The Bertz CT molecular complexity index is 849. The van der Waals surface area contributed by atoms with Crippen molar-refractivity contribution in [3.8, 4) is 0 Å². The van der Waals surface area contributed by atoms with Crippen molar-refractivity contribution in [1.29, 1.82) is 0 Å². The van der Waals surface area contributed by atoms with Gasteiger partial charge in [-0.2, -0.15) is 0 Å². The molecule has 144 valence electrons. The summed E-state index contributed by atoms with van der Waals surface area (Å²) in [6, 6.07) is 8.82. The van der Waals surface area contributed by atoms with E-state index in [-0.39, 0.29) is 5.91 Å². The van der Waals surface area contributed by atoms with E-state index in [4.69, 9.17) is 4.74 Å². The lowest BCUT2D eigenvalue weighted by atomic mass is 10.0. The van der Waals surface area contributed by atoms with Crippen molar-refractivity contribution in [2.45, 2.75) is 45.7 Å². The molecule has 5 heteroatoms. The third-order valence-corrected chi connectivity index (χ3v) is 5.93. The molecule has 0 spiro atoms. The number of fused-ring (bicyclic) bond motifs is 2. The molecule has 2 aliphatic rings. The van der Waals surface area contributed by atoms with E-state index in [1.165, 1.54) is 6.42 Å². The van der Waals surface area contributed by atoms with Crippen LogP contribution in [0.15, 0.2) is 24.3 Å². The van der Waals surface area contributed by atoms with E-state index in [0.29, 0.717) is 12.1 Å². The minimum Gasteiger partial charge on any atom is -0.378 e. The van der Waals surface area contributed by atoms with Gasteiger partial charge in [0.15, 0.2) is 0 Å². The minimum atomic E-state index is 0.119. The number of para-hydroxylation sites is 1. The van der Waals surface area contributed by atoms with E-state index in [2.05, 4.69) is 29.8 Å². The number of aromatic nitrogens is 1. The van der Waals surface area contributed by atoms with E-state index < -0.39 is 0 Å². The Labute approximate surface area is 161 Å². The highest BCUT2D eigenvalue weighted by Gasteiger charge is 2.37. The number of aryl methyl sites for hydroxylation is 2. The maximum atomic E-state index is 13.4. The van der Waals surface area contributed by atoms with E-state index in [1.54, 1.807) is 0 Å². The fraction of sp³-hybridized carbons (Fsp3) is 0.545. The first-order valence-electron chi connectivity index (χ1n) is 10.1. The number of carbonyl (C=O) groups excluding carboxylic acids is 1. The van der Waals surface area contributed by atoms with Crippen LogP contribution in [0.2, 0.25) is 0 Å². The topological polar surface area (TPSA) is 45.7 Å². The predicted molar refractivity (Wildman–Crippen MR) is 107 cm³/mol. The largest absolute Gasteiger partial charge is 0.378 e. The number of morpholine rings is 1. The van der Waals surface area contributed by atoms with Crippen molar-refractivity contribution in [3.63, 3.8) is 0 Å². The number of amides is 1. The first-order chi connectivity index (χ1) is 13.1. The molecule has 2 aromatic rings. The predicted octanol–water partition coefficient (Wildman–Crippen LogP) is 3.18. The summed E-state index contributed by atoms with van der Waals surface area (Å²) in [7, 11) is 0. The van der Waals surface area contributed by atoms with Crippen LogP contribution in [0.4, 0.5) is 0 Å². The van der Waals surface area contributed by atoms with Gasteiger partial charge in [-0.05, 0) is 31.9 Å². The number of piperazine rings is 1. The summed E-state index contributed by atoms with van der Waals surface area (Å²) in [4.78, 5) is 22.6. The van der Waals surface area contributed by atoms with Gasteiger partial charge >= 0.3 is 0 Å². The minimum absolute atomic E-state index is 0.119. The molecule has 0 N–H and O–H groups in total. The zero-order valence-corrected chi connectivity index (χ0v) is 16.6. The lowest BCUT2D eigenvalue weighted by Crippen LogP contribution is -2.62. The van der Waals surface area contributed by atoms with Gasteiger partial charge in [-0.15, -0.1) is 0 Å². The molecule has 0 saturated carbocycles. The number of pyridine rings is 1. The highest BCUT2D eigenvalue weighted by molar-refractivity contribution is 6.06. The second-order valence-electron chi connectivity index (χ2n) is 7.91. The smallest absolute Gasteiger partial charge is 0.254 e. The van der Waals surface area contributed by atoms with Gasteiger partial charge < -0.3 is 9.64 Å². The zero-order valence-electron chi connectivity index (χ0n) is 16.6. The molecular formula is C22H29N3O2. The van der Waals surface area contributed by atoms with Crippen molar-refractivity contribution in [1.82, 2.24) is 14.8 Å². The van der Waals surface area contributed by atoms with Crippen LogP contribution in [0.1, 0.15) is 41.4 Å². The lowest BCUT2D eigenvalue weighted by molar-refractivity contribution is -0.0776. The molecule has 4 rings (SSSR count). The molecule has 0 aliphatic carbocycles. The molecule has 2 fully saturated rings. The second-order valence-corrected chi connectivity index (χ2v) is 7.91. The number of rotatable bonds is 3. The fourth-order valence-electron chi connectivity index (χ4n) is 4.57. The van der Waals surface area contributed by atoms with Crippen LogP contribution in [0.3, 0.4) is 0 Å². The van der Waals surface area contributed by atoms with Crippen molar-refractivity contribution in [3.05, 3.63) is 41.1 Å². The molecule has 1 amide bonds. The van der Waals surface area contributed by atoms with E-state index in [1.807, 2.05) is 30.0 Å². The van der Waals surface area contributed by atoms with Crippen molar-refractivity contribution < 1.29 is 9.53 Å². The fourth-order valence-corrected chi connectivity index (χ4v) is 4.57. The maximum Gasteiger partial charge on any atom is 0.254 e. The standard InChI is InChI=1S/C22H29N3O2/c1-4-6-17-13-27-14-18-12-24(9-10-25(17)18)22(26)20-11-16(3)23-21-15(2)7-5-8-19(20)21/h5,7-8,11,17-18H,4,6,9-10,12-14H2,1-3H3/t17-,18+/m0/s1. The molecule has 1 aromatic carbocycles. The van der Waals surface area contributed by atoms with Crippen LogP contribution in [0.25, 0.3) is 10.9 Å². The van der Waals surface area contributed by atoms with Crippen LogP contribution in [-0.2, 0) is 4.74 Å². The number of hydrogen-bond acceptors (Lipinski definition) is 4. The van der Waals surface area contributed by atoms with Crippen molar-refractivity contribution >= 4 is 16.8 Å². The van der Waals surface area contributed by atoms with Gasteiger partial charge in [-0.1, -0.05) is 31.5 Å². The monoisotopic (exact) mass is 367 g/mol. The van der Waals surface area contributed by atoms with Crippen molar-refractivity contribution in [2.24, 2.45) is 0 Å². The summed E-state index contributed by atoms with van der Waals surface area (Å²) in [6.45, 7) is 10.2. The van der Waals surface area contributed by atoms with E-state index in [0.717, 1.165) is 67.0 Å². The average molecular weight is 367 g/mol. The molecule has 2 aliphatic heterocycles. The van der Waals surface area contributed by atoms with Gasteiger partial charge in [0.25, 0.3) is 5.91 Å². The first kappa shape index (κ1) is 18.4. The van der Waals surface area contributed by atoms with Crippen LogP contribution < -0.4 is 0 Å². The SMILES string of the molecule is CCC[C@H]1COC[C@H]2CN(C(=O)c3cc(C)nc4c(C)cccc34)CCN12. The Hall–Kier alpha value is -1.98. The molecule has 2 atom stereocenters. The lowest BCUT2D eigenvalue weighted by Gasteiger charge is -2.48. The molecular weight excluding hydrogens is 338 g/mol. The van der Waals surface area contributed by atoms with Gasteiger partial charge in [0.1, 0.15) is 0 Å². The zero-order chi connectivity index (χ0) is 19.0. The van der Waals surface area contributed by atoms with Gasteiger partial charge in [-0.25, -0.2) is 0 Å². The third-order valence-electron chi connectivity index (χ3n) is 5.93. The summed E-state index contributed by atoms with van der Waals surface area (Å²) >= 11 is 0. The Morgan fingerprint density at radius 2 is 2.11 bits per heavy atom. The molecule has 27 heavy (non-hydrogen) atoms.